The third-order valence-corrected chi connectivity index (χ3v) is 4.43. The number of amides is 2. The van der Waals surface area contributed by atoms with Gasteiger partial charge >= 0.3 is 0 Å². The van der Waals surface area contributed by atoms with Gasteiger partial charge in [0.25, 0.3) is 0 Å². The molecule has 1 aromatic carbocycles. The van der Waals surface area contributed by atoms with E-state index in [9.17, 15) is 9.59 Å². The fourth-order valence-corrected chi connectivity index (χ4v) is 2.85. The van der Waals surface area contributed by atoms with Crippen molar-refractivity contribution in [3.8, 4) is 0 Å². The van der Waals surface area contributed by atoms with Crippen LogP contribution in [0.2, 0.25) is 0 Å². The lowest BCUT2D eigenvalue weighted by Crippen LogP contribution is -2.29. The third-order valence-electron chi connectivity index (χ3n) is 4.43. The molecule has 1 heterocycles. The van der Waals surface area contributed by atoms with Crippen LogP contribution in [0, 0.1) is 0 Å². The van der Waals surface area contributed by atoms with Gasteiger partial charge in [-0.3, -0.25) is 9.59 Å². The lowest BCUT2D eigenvalue weighted by Gasteiger charge is -2.18. The quantitative estimate of drug-likeness (QED) is 0.771. The van der Waals surface area contributed by atoms with Crippen LogP contribution in [0.25, 0.3) is 0 Å². The van der Waals surface area contributed by atoms with Crippen LogP contribution in [0.1, 0.15) is 63.9 Å². The highest BCUT2D eigenvalue weighted by Crippen LogP contribution is 2.23. The Balaban J connectivity index is 1.87. The van der Waals surface area contributed by atoms with E-state index in [2.05, 4.69) is 29.4 Å². The molecule has 0 saturated heterocycles. The summed E-state index contributed by atoms with van der Waals surface area (Å²) in [6, 6.07) is 7.97. The number of hydrogen-bond donors (Lipinski definition) is 1. The van der Waals surface area contributed by atoms with Crippen molar-refractivity contribution in [2.24, 2.45) is 0 Å². The Kier molecular flexibility index (Phi) is 7.10. The molecule has 146 valence electrons. The molecule has 0 aliphatic heterocycles. The molecule has 0 aliphatic rings. The van der Waals surface area contributed by atoms with Gasteiger partial charge in [-0.2, -0.15) is 0 Å². The normalized spacial score (nSPS) is 11.1. The molecule has 2 rings (SSSR count). The van der Waals surface area contributed by atoms with Crippen molar-refractivity contribution in [1.29, 1.82) is 0 Å². The molecule has 0 radical (unpaired) electrons. The summed E-state index contributed by atoms with van der Waals surface area (Å²) in [6.07, 6.45) is 1.96. The van der Waals surface area contributed by atoms with Crippen LogP contribution in [0.5, 0.6) is 0 Å². The Morgan fingerprint density at radius 3 is 2.52 bits per heavy atom. The van der Waals surface area contributed by atoms with E-state index in [0.29, 0.717) is 12.5 Å². The van der Waals surface area contributed by atoms with Crippen molar-refractivity contribution >= 4 is 17.5 Å². The van der Waals surface area contributed by atoms with Gasteiger partial charge in [0.1, 0.15) is 6.33 Å². The number of anilines is 1. The van der Waals surface area contributed by atoms with E-state index in [1.54, 1.807) is 18.3 Å². The Morgan fingerprint density at radius 2 is 1.85 bits per heavy atom. The van der Waals surface area contributed by atoms with Crippen LogP contribution < -0.4 is 5.32 Å². The van der Waals surface area contributed by atoms with Gasteiger partial charge in [0.05, 0.1) is 6.54 Å². The van der Waals surface area contributed by atoms with Crippen LogP contribution in [-0.4, -0.2) is 38.5 Å². The molecule has 1 aromatic heterocycles. The molecule has 0 saturated carbocycles. The van der Waals surface area contributed by atoms with Crippen LogP contribution >= 0.6 is 0 Å². The second-order valence-electron chi connectivity index (χ2n) is 7.29. The summed E-state index contributed by atoms with van der Waals surface area (Å²) < 4.78 is 1.93. The topological polar surface area (TPSA) is 80.1 Å². The number of carbonyl (C=O) groups is 2. The first-order chi connectivity index (χ1) is 12.8. The Morgan fingerprint density at radius 1 is 1.15 bits per heavy atom. The maximum Gasteiger partial charge on any atom is 0.224 e. The minimum atomic E-state index is -0.157. The number of benzene rings is 1. The molecule has 7 nitrogen and oxygen atoms in total. The number of nitrogens with zero attached hydrogens (tertiary/aromatic N) is 4. The highest BCUT2D eigenvalue weighted by Gasteiger charge is 2.16. The van der Waals surface area contributed by atoms with E-state index in [0.717, 1.165) is 17.1 Å². The summed E-state index contributed by atoms with van der Waals surface area (Å²) in [4.78, 5) is 26.2. The monoisotopic (exact) mass is 371 g/mol. The predicted octanol–water partition coefficient (Wildman–Crippen LogP) is 3.36. The van der Waals surface area contributed by atoms with Crippen molar-refractivity contribution in [3.05, 3.63) is 42.0 Å². The number of nitrogens with one attached hydrogen (secondary N) is 1. The van der Waals surface area contributed by atoms with Gasteiger partial charge in [0.2, 0.25) is 11.8 Å². The van der Waals surface area contributed by atoms with Crippen molar-refractivity contribution in [1.82, 2.24) is 19.7 Å². The molecule has 7 heteroatoms. The third kappa shape index (κ3) is 5.64. The number of carbonyl (C=O) groups excluding carboxylic acids is 2. The SMILES string of the molecule is CC(C)c1ccccc1NC(=O)CCC(=O)N(C)Cc1nncn1C(C)C. The predicted molar refractivity (Wildman–Crippen MR) is 105 cm³/mol. The molecular weight excluding hydrogens is 342 g/mol. The lowest BCUT2D eigenvalue weighted by atomic mass is 10.0. The maximum atomic E-state index is 12.4. The van der Waals surface area contributed by atoms with Gasteiger partial charge in [-0.05, 0) is 31.4 Å². The first kappa shape index (κ1) is 20.6. The summed E-state index contributed by atoms with van der Waals surface area (Å²) >= 11 is 0. The van der Waals surface area contributed by atoms with E-state index in [4.69, 9.17) is 0 Å². The molecule has 0 aliphatic carbocycles. The van der Waals surface area contributed by atoms with Gasteiger partial charge in [0.15, 0.2) is 5.82 Å². The molecule has 0 fully saturated rings. The van der Waals surface area contributed by atoms with Gasteiger partial charge in [-0.25, -0.2) is 0 Å². The second kappa shape index (κ2) is 9.30. The maximum absolute atomic E-state index is 12.4. The summed E-state index contributed by atoms with van der Waals surface area (Å²) in [5, 5.41) is 10.9. The number of hydrogen-bond acceptors (Lipinski definition) is 4. The van der Waals surface area contributed by atoms with E-state index in [1.165, 1.54) is 0 Å². The van der Waals surface area contributed by atoms with Gasteiger partial charge in [-0.1, -0.05) is 32.0 Å². The summed E-state index contributed by atoms with van der Waals surface area (Å²) in [6.45, 7) is 8.61. The van der Waals surface area contributed by atoms with E-state index in [1.807, 2.05) is 42.7 Å². The molecule has 0 atom stereocenters. The zero-order chi connectivity index (χ0) is 20.0. The van der Waals surface area contributed by atoms with Gasteiger partial charge in [0, 0.05) is 31.6 Å². The molecule has 2 amide bonds. The highest BCUT2D eigenvalue weighted by molar-refractivity contribution is 5.93. The zero-order valence-electron chi connectivity index (χ0n) is 16.8. The average molecular weight is 371 g/mol. The average Bonchev–Trinajstić information content (AvgIpc) is 3.08. The largest absolute Gasteiger partial charge is 0.338 e. The standard InChI is InChI=1S/C20H29N5O2/c1-14(2)16-8-6-7-9-17(16)22-19(26)10-11-20(27)24(5)12-18-23-21-13-25(18)15(3)4/h6-9,13-15H,10-12H2,1-5H3,(H,22,26). The second-order valence-corrected chi connectivity index (χ2v) is 7.29. The van der Waals surface area contributed by atoms with Crippen LogP contribution in [0.15, 0.2) is 30.6 Å². The van der Waals surface area contributed by atoms with Crippen molar-refractivity contribution in [2.45, 2.75) is 59.0 Å². The smallest absolute Gasteiger partial charge is 0.224 e. The Labute approximate surface area is 160 Å². The molecule has 0 spiro atoms. The van der Waals surface area contributed by atoms with Crippen molar-refractivity contribution in [3.63, 3.8) is 0 Å². The van der Waals surface area contributed by atoms with Gasteiger partial charge in [-0.15, -0.1) is 10.2 Å². The van der Waals surface area contributed by atoms with Crippen LogP contribution in [0.3, 0.4) is 0 Å². The number of para-hydroxylation sites is 1. The Bertz CT molecular complexity index is 782. The molecule has 0 bridgehead atoms. The molecule has 0 unspecified atom stereocenters. The fourth-order valence-electron chi connectivity index (χ4n) is 2.85. The van der Waals surface area contributed by atoms with Crippen LogP contribution in [0.4, 0.5) is 5.69 Å². The number of rotatable bonds is 8. The molecule has 27 heavy (non-hydrogen) atoms. The molecular formula is C20H29N5O2. The molecule has 1 N–H and O–H groups in total. The van der Waals surface area contributed by atoms with Crippen LogP contribution in [-0.2, 0) is 16.1 Å². The van der Waals surface area contributed by atoms with Gasteiger partial charge < -0.3 is 14.8 Å². The first-order valence-corrected chi connectivity index (χ1v) is 9.30. The zero-order valence-corrected chi connectivity index (χ0v) is 16.8. The van der Waals surface area contributed by atoms with Crippen molar-refractivity contribution < 1.29 is 9.59 Å². The molecule has 2 aromatic rings. The Hall–Kier alpha value is -2.70. The van der Waals surface area contributed by atoms with Crippen molar-refractivity contribution in [2.75, 3.05) is 12.4 Å². The minimum Gasteiger partial charge on any atom is -0.338 e. The van der Waals surface area contributed by atoms with E-state index in [-0.39, 0.29) is 30.7 Å². The van der Waals surface area contributed by atoms with E-state index < -0.39 is 0 Å². The first-order valence-electron chi connectivity index (χ1n) is 9.30. The van der Waals surface area contributed by atoms with E-state index >= 15 is 0 Å². The minimum absolute atomic E-state index is 0.0967. The number of aromatic nitrogens is 3. The lowest BCUT2D eigenvalue weighted by molar-refractivity contribution is -0.132. The summed E-state index contributed by atoms with van der Waals surface area (Å²) in [5.41, 5.74) is 1.89. The summed E-state index contributed by atoms with van der Waals surface area (Å²) in [7, 11) is 1.72. The highest BCUT2D eigenvalue weighted by atomic mass is 16.2. The fraction of sp³-hybridized carbons (Fsp3) is 0.500. The summed E-state index contributed by atoms with van der Waals surface area (Å²) in [5.74, 6) is 0.791.